The zero-order chi connectivity index (χ0) is 22.4. The molecule has 31 heavy (non-hydrogen) atoms. The number of sulfonamides is 1. The topological polar surface area (TPSA) is 114 Å². The van der Waals surface area contributed by atoms with Crippen LogP contribution in [0.15, 0.2) is 59.9 Å². The van der Waals surface area contributed by atoms with Crippen molar-refractivity contribution in [2.75, 3.05) is 18.3 Å². The number of pyridine rings is 1. The molecule has 0 radical (unpaired) electrons. The van der Waals surface area contributed by atoms with E-state index >= 15 is 0 Å². The second-order valence-electron chi connectivity index (χ2n) is 6.80. The standard InChI is InChI=1S/C21H23N5O4S/c1-4-26(3)21(27)18-13-23-19(20(24-18)30-14-16-6-5-11-22-12-16)25-31(28,29)17-9-7-15(2)8-10-17/h5-13H,4,14H2,1-3H3,(H,23,25). The molecular weight excluding hydrogens is 418 g/mol. The van der Waals surface area contributed by atoms with Crippen molar-refractivity contribution >= 4 is 21.7 Å². The van der Waals surface area contributed by atoms with Gasteiger partial charge in [0.15, 0.2) is 5.69 Å². The van der Waals surface area contributed by atoms with Crippen LogP contribution < -0.4 is 9.46 Å². The molecule has 0 atom stereocenters. The number of benzene rings is 1. The molecule has 0 aliphatic heterocycles. The number of ether oxygens (including phenoxy) is 1. The van der Waals surface area contributed by atoms with Crippen molar-refractivity contribution in [1.82, 2.24) is 19.9 Å². The molecule has 2 aromatic heterocycles. The Morgan fingerprint density at radius 2 is 1.90 bits per heavy atom. The van der Waals surface area contributed by atoms with E-state index in [9.17, 15) is 13.2 Å². The Kier molecular flexibility index (Phi) is 6.81. The summed E-state index contributed by atoms with van der Waals surface area (Å²) >= 11 is 0. The van der Waals surface area contributed by atoms with Crippen molar-refractivity contribution in [3.05, 3.63) is 71.8 Å². The van der Waals surface area contributed by atoms with Gasteiger partial charge in [0.1, 0.15) is 6.61 Å². The molecular formula is C21H23N5O4S. The fourth-order valence-corrected chi connectivity index (χ4v) is 3.53. The van der Waals surface area contributed by atoms with Gasteiger partial charge in [-0.25, -0.2) is 18.4 Å². The van der Waals surface area contributed by atoms with Crippen molar-refractivity contribution in [2.45, 2.75) is 25.3 Å². The number of carbonyl (C=O) groups excluding carboxylic acids is 1. The first-order valence-corrected chi connectivity index (χ1v) is 11.0. The number of amides is 1. The van der Waals surface area contributed by atoms with Gasteiger partial charge in [-0.1, -0.05) is 23.8 Å². The van der Waals surface area contributed by atoms with Gasteiger partial charge in [0.05, 0.1) is 11.1 Å². The Morgan fingerprint density at radius 1 is 1.16 bits per heavy atom. The molecule has 0 fully saturated rings. The summed E-state index contributed by atoms with van der Waals surface area (Å²) in [7, 11) is -2.30. The molecule has 2 heterocycles. The molecule has 0 spiro atoms. The molecule has 0 saturated carbocycles. The number of nitrogens with zero attached hydrogens (tertiary/aromatic N) is 4. The molecule has 0 unspecified atom stereocenters. The van der Waals surface area contributed by atoms with Gasteiger partial charge in [-0.15, -0.1) is 0 Å². The molecule has 0 bridgehead atoms. The largest absolute Gasteiger partial charge is 0.470 e. The van der Waals surface area contributed by atoms with Crippen LogP contribution in [0.1, 0.15) is 28.5 Å². The van der Waals surface area contributed by atoms with Gasteiger partial charge in [0.2, 0.25) is 5.82 Å². The van der Waals surface area contributed by atoms with Crippen LogP contribution in [0.2, 0.25) is 0 Å². The quantitative estimate of drug-likeness (QED) is 0.571. The second-order valence-corrected chi connectivity index (χ2v) is 8.48. The van der Waals surface area contributed by atoms with Crippen molar-refractivity contribution in [3.8, 4) is 5.88 Å². The van der Waals surface area contributed by atoms with E-state index in [4.69, 9.17) is 4.74 Å². The fraction of sp³-hybridized carbons (Fsp3) is 0.238. The number of carbonyl (C=O) groups is 1. The lowest BCUT2D eigenvalue weighted by atomic mass is 10.2. The number of aryl methyl sites for hydroxylation is 1. The fourth-order valence-electron chi connectivity index (χ4n) is 2.52. The van der Waals surface area contributed by atoms with Crippen LogP contribution in [0.5, 0.6) is 5.88 Å². The van der Waals surface area contributed by atoms with Crippen molar-refractivity contribution in [3.63, 3.8) is 0 Å². The minimum atomic E-state index is -3.93. The summed E-state index contributed by atoms with van der Waals surface area (Å²) < 4.78 is 33.7. The van der Waals surface area contributed by atoms with Gasteiger partial charge >= 0.3 is 0 Å². The van der Waals surface area contributed by atoms with E-state index in [0.717, 1.165) is 11.1 Å². The maximum Gasteiger partial charge on any atom is 0.273 e. The summed E-state index contributed by atoms with van der Waals surface area (Å²) in [4.78, 5) is 26.4. The maximum absolute atomic E-state index is 12.8. The summed E-state index contributed by atoms with van der Waals surface area (Å²) in [6.07, 6.45) is 4.46. The Hall–Kier alpha value is -3.53. The molecule has 162 valence electrons. The van der Waals surface area contributed by atoms with Crippen LogP contribution in [0.3, 0.4) is 0 Å². The van der Waals surface area contributed by atoms with E-state index in [1.54, 1.807) is 43.7 Å². The lowest BCUT2D eigenvalue weighted by molar-refractivity contribution is 0.0795. The first-order chi connectivity index (χ1) is 14.8. The summed E-state index contributed by atoms with van der Waals surface area (Å²) in [5, 5.41) is 0. The first-order valence-electron chi connectivity index (χ1n) is 9.54. The zero-order valence-corrected chi connectivity index (χ0v) is 18.3. The Morgan fingerprint density at radius 3 is 2.55 bits per heavy atom. The predicted octanol–water partition coefficient (Wildman–Crippen LogP) is 2.65. The predicted molar refractivity (Wildman–Crippen MR) is 115 cm³/mol. The van der Waals surface area contributed by atoms with E-state index in [0.29, 0.717) is 6.54 Å². The van der Waals surface area contributed by atoms with Gasteiger partial charge < -0.3 is 9.64 Å². The first kappa shape index (κ1) is 22.2. The van der Waals surface area contributed by atoms with Crippen LogP contribution in [-0.2, 0) is 16.6 Å². The number of aromatic nitrogens is 3. The molecule has 0 saturated heterocycles. The minimum absolute atomic E-state index is 0.0452. The Labute approximate surface area is 181 Å². The van der Waals surface area contributed by atoms with E-state index in [2.05, 4.69) is 19.7 Å². The van der Waals surface area contributed by atoms with E-state index in [1.807, 2.05) is 13.8 Å². The second kappa shape index (κ2) is 9.52. The van der Waals surface area contributed by atoms with Gasteiger partial charge in [0, 0.05) is 31.5 Å². The monoisotopic (exact) mass is 441 g/mol. The van der Waals surface area contributed by atoms with Crippen LogP contribution >= 0.6 is 0 Å². The number of hydrogen-bond acceptors (Lipinski definition) is 7. The van der Waals surface area contributed by atoms with Gasteiger partial charge in [-0.2, -0.15) is 0 Å². The van der Waals surface area contributed by atoms with Crippen LogP contribution in [-0.4, -0.2) is 47.8 Å². The molecule has 1 aromatic carbocycles. The van der Waals surface area contributed by atoms with E-state index < -0.39 is 10.0 Å². The van der Waals surface area contributed by atoms with E-state index in [-0.39, 0.29) is 34.8 Å². The number of hydrogen-bond donors (Lipinski definition) is 1. The highest BCUT2D eigenvalue weighted by Gasteiger charge is 2.21. The normalized spacial score (nSPS) is 11.1. The average Bonchev–Trinajstić information content (AvgIpc) is 2.78. The summed E-state index contributed by atoms with van der Waals surface area (Å²) in [6.45, 7) is 4.25. The SMILES string of the molecule is CCN(C)C(=O)c1cnc(NS(=O)(=O)c2ccc(C)cc2)c(OCc2cccnc2)n1. The lowest BCUT2D eigenvalue weighted by Gasteiger charge is -2.16. The van der Waals surface area contributed by atoms with Crippen LogP contribution in [0, 0.1) is 6.92 Å². The smallest absolute Gasteiger partial charge is 0.273 e. The number of nitrogens with one attached hydrogen (secondary N) is 1. The molecule has 9 nitrogen and oxygen atoms in total. The van der Waals surface area contributed by atoms with Crippen molar-refractivity contribution in [2.24, 2.45) is 0 Å². The maximum atomic E-state index is 12.8. The highest BCUT2D eigenvalue weighted by molar-refractivity contribution is 7.92. The third kappa shape index (κ3) is 5.54. The van der Waals surface area contributed by atoms with Gasteiger partial charge in [-0.05, 0) is 32.0 Å². The average molecular weight is 442 g/mol. The minimum Gasteiger partial charge on any atom is -0.470 e. The van der Waals surface area contributed by atoms with Gasteiger partial charge in [0.25, 0.3) is 21.8 Å². The zero-order valence-electron chi connectivity index (χ0n) is 17.4. The third-order valence-electron chi connectivity index (χ3n) is 4.44. The third-order valence-corrected chi connectivity index (χ3v) is 5.80. The Balaban J connectivity index is 1.93. The highest BCUT2D eigenvalue weighted by atomic mass is 32.2. The lowest BCUT2D eigenvalue weighted by Crippen LogP contribution is -2.27. The molecule has 0 aliphatic rings. The molecule has 3 aromatic rings. The summed E-state index contributed by atoms with van der Waals surface area (Å²) in [5.41, 5.74) is 1.73. The molecule has 3 rings (SSSR count). The molecule has 1 N–H and O–H groups in total. The summed E-state index contributed by atoms with van der Waals surface area (Å²) in [6, 6.07) is 9.94. The number of rotatable bonds is 8. The van der Waals surface area contributed by atoms with Crippen LogP contribution in [0.25, 0.3) is 0 Å². The molecule has 0 aliphatic carbocycles. The van der Waals surface area contributed by atoms with Crippen molar-refractivity contribution < 1.29 is 17.9 Å². The van der Waals surface area contributed by atoms with Crippen LogP contribution in [0.4, 0.5) is 5.82 Å². The number of anilines is 1. The van der Waals surface area contributed by atoms with E-state index in [1.165, 1.54) is 23.2 Å². The van der Waals surface area contributed by atoms with Crippen molar-refractivity contribution in [1.29, 1.82) is 0 Å². The Bertz CT molecular complexity index is 1150. The molecule has 10 heteroatoms. The summed E-state index contributed by atoms with van der Waals surface area (Å²) in [5.74, 6) is -0.566. The van der Waals surface area contributed by atoms with Gasteiger partial charge in [-0.3, -0.25) is 14.5 Å². The highest BCUT2D eigenvalue weighted by Crippen LogP contribution is 2.24. The molecule has 1 amide bonds.